The molecule has 0 saturated carbocycles. The molecule has 0 aliphatic heterocycles. The van der Waals surface area contributed by atoms with E-state index in [0.717, 1.165) is 25.3 Å². The average molecular weight is 183 g/mol. The van der Waals surface area contributed by atoms with Gasteiger partial charge in [-0.05, 0) is 20.0 Å². The van der Waals surface area contributed by atoms with Crippen molar-refractivity contribution in [1.29, 1.82) is 0 Å². The lowest BCUT2D eigenvalue weighted by Crippen LogP contribution is -2.24. The molecule has 0 radical (unpaired) electrons. The van der Waals surface area contributed by atoms with Crippen molar-refractivity contribution < 1.29 is 0 Å². The first kappa shape index (κ1) is 9.98. The molecular formula is C8H17N5. The Kier molecular flexibility index (Phi) is 3.70. The highest BCUT2D eigenvalue weighted by Gasteiger charge is 2.04. The largest absolute Gasteiger partial charge is 0.359 e. The molecule has 0 aliphatic carbocycles. The summed E-state index contributed by atoms with van der Waals surface area (Å²) in [6.07, 6.45) is 2.90. The van der Waals surface area contributed by atoms with E-state index >= 15 is 0 Å². The van der Waals surface area contributed by atoms with Crippen molar-refractivity contribution in [2.24, 2.45) is 7.05 Å². The number of hydrogen-bond donors (Lipinski definition) is 1. The zero-order chi connectivity index (χ0) is 9.68. The van der Waals surface area contributed by atoms with Gasteiger partial charge in [0.15, 0.2) is 0 Å². The van der Waals surface area contributed by atoms with Crippen molar-refractivity contribution in [3.8, 4) is 0 Å². The lowest BCUT2D eigenvalue weighted by atomic mass is 10.4. The van der Waals surface area contributed by atoms with Crippen LogP contribution >= 0.6 is 0 Å². The molecule has 0 aromatic carbocycles. The zero-order valence-corrected chi connectivity index (χ0v) is 8.49. The minimum absolute atomic E-state index is 1.02. The standard InChI is InChI=1S/C8H17N5/c1-9-5-4-6-12(2)8-7-10-11-13(8)3/h7,9H,4-6H2,1-3H3. The van der Waals surface area contributed by atoms with E-state index in [1.54, 1.807) is 10.9 Å². The Morgan fingerprint density at radius 1 is 1.62 bits per heavy atom. The molecule has 1 heterocycles. The van der Waals surface area contributed by atoms with Crippen LogP contribution in [-0.4, -0.2) is 42.2 Å². The maximum Gasteiger partial charge on any atom is 0.146 e. The molecule has 5 heteroatoms. The number of anilines is 1. The van der Waals surface area contributed by atoms with E-state index < -0.39 is 0 Å². The van der Waals surface area contributed by atoms with Gasteiger partial charge < -0.3 is 10.2 Å². The maximum absolute atomic E-state index is 3.88. The minimum atomic E-state index is 1.02. The lowest BCUT2D eigenvalue weighted by molar-refractivity contribution is 0.671. The summed E-state index contributed by atoms with van der Waals surface area (Å²) in [7, 11) is 5.91. The molecule has 1 N–H and O–H groups in total. The second-order valence-corrected chi connectivity index (χ2v) is 3.09. The van der Waals surface area contributed by atoms with E-state index in [-0.39, 0.29) is 0 Å². The Hall–Kier alpha value is -1.10. The van der Waals surface area contributed by atoms with Gasteiger partial charge in [-0.15, -0.1) is 5.10 Å². The van der Waals surface area contributed by atoms with Gasteiger partial charge in [-0.25, -0.2) is 4.68 Å². The van der Waals surface area contributed by atoms with Crippen LogP contribution in [0, 0.1) is 0 Å². The highest BCUT2D eigenvalue weighted by Crippen LogP contribution is 2.07. The first-order valence-corrected chi connectivity index (χ1v) is 4.46. The predicted molar refractivity (Wildman–Crippen MR) is 52.8 cm³/mol. The first-order chi connectivity index (χ1) is 6.25. The van der Waals surface area contributed by atoms with Gasteiger partial charge in [0.05, 0.1) is 6.20 Å². The van der Waals surface area contributed by atoms with E-state index in [4.69, 9.17) is 0 Å². The minimum Gasteiger partial charge on any atom is -0.359 e. The van der Waals surface area contributed by atoms with Gasteiger partial charge in [0.25, 0.3) is 0 Å². The van der Waals surface area contributed by atoms with Crippen LogP contribution in [0.3, 0.4) is 0 Å². The Bertz CT molecular complexity index is 244. The van der Waals surface area contributed by atoms with Crippen molar-refractivity contribution >= 4 is 5.82 Å². The number of hydrogen-bond acceptors (Lipinski definition) is 4. The molecule has 74 valence electrons. The van der Waals surface area contributed by atoms with Crippen molar-refractivity contribution in [2.45, 2.75) is 6.42 Å². The fraction of sp³-hybridized carbons (Fsp3) is 0.750. The third kappa shape index (κ3) is 2.69. The van der Waals surface area contributed by atoms with Crippen LogP contribution in [-0.2, 0) is 7.05 Å². The predicted octanol–water partition coefficient (Wildman–Crippen LogP) is -0.139. The monoisotopic (exact) mass is 183 g/mol. The molecule has 0 saturated heterocycles. The quantitative estimate of drug-likeness (QED) is 0.645. The van der Waals surface area contributed by atoms with Gasteiger partial charge in [-0.3, -0.25) is 0 Å². The molecule has 0 fully saturated rings. The molecule has 0 bridgehead atoms. The zero-order valence-electron chi connectivity index (χ0n) is 8.49. The number of nitrogens with zero attached hydrogens (tertiary/aromatic N) is 4. The van der Waals surface area contributed by atoms with Crippen LogP contribution in [0.4, 0.5) is 5.82 Å². The fourth-order valence-corrected chi connectivity index (χ4v) is 1.24. The second-order valence-electron chi connectivity index (χ2n) is 3.09. The van der Waals surface area contributed by atoms with Crippen LogP contribution in [0.2, 0.25) is 0 Å². The number of rotatable bonds is 5. The Labute approximate surface area is 78.7 Å². The van der Waals surface area contributed by atoms with Crippen LogP contribution in [0.1, 0.15) is 6.42 Å². The summed E-state index contributed by atoms with van der Waals surface area (Å²) < 4.78 is 1.78. The lowest BCUT2D eigenvalue weighted by Gasteiger charge is -2.17. The van der Waals surface area contributed by atoms with E-state index in [9.17, 15) is 0 Å². The molecule has 1 aromatic rings. The van der Waals surface area contributed by atoms with Crippen molar-refractivity contribution in [1.82, 2.24) is 20.3 Å². The second kappa shape index (κ2) is 4.81. The summed E-state index contributed by atoms with van der Waals surface area (Å²) in [4.78, 5) is 2.15. The fourth-order valence-electron chi connectivity index (χ4n) is 1.24. The normalized spacial score (nSPS) is 10.4. The van der Waals surface area contributed by atoms with Gasteiger partial charge in [-0.2, -0.15) is 0 Å². The summed E-state index contributed by atoms with van der Waals surface area (Å²) in [5, 5.41) is 10.8. The molecular weight excluding hydrogens is 166 g/mol. The Balaban J connectivity index is 2.39. The highest BCUT2D eigenvalue weighted by molar-refractivity contribution is 5.33. The number of aromatic nitrogens is 3. The molecule has 0 aliphatic rings. The smallest absolute Gasteiger partial charge is 0.146 e. The van der Waals surface area contributed by atoms with Crippen LogP contribution in [0.25, 0.3) is 0 Å². The van der Waals surface area contributed by atoms with Crippen molar-refractivity contribution in [3.05, 3.63) is 6.20 Å². The third-order valence-corrected chi connectivity index (χ3v) is 2.00. The SMILES string of the molecule is CNCCCN(C)c1cnnn1C. The summed E-state index contributed by atoms with van der Waals surface area (Å²) in [5.74, 6) is 1.05. The van der Waals surface area contributed by atoms with Crippen molar-refractivity contribution in [3.63, 3.8) is 0 Å². The van der Waals surface area contributed by atoms with Gasteiger partial charge in [0.1, 0.15) is 5.82 Å². The first-order valence-electron chi connectivity index (χ1n) is 4.46. The summed E-state index contributed by atoms with van der Waals surface area (Å²) >= 11 is 0. The Morgan fingerprint density at radius 2 is 2.38 bits per heavy atom. The summed E-state index contributed by atoms with van der Waals surface area (Å²) in [5.41, 5.74) is 0. The van der Waals surface area contributed by atoms with Crippen LogP contribution in [0.5, 0.6) is 0 Å². The van der Waals surface area contributed by atoms with Gasteiger partial charge in [-0.1, -0.05) is 5.21 Å². The summed E-state index contributed by atoms with van der Waals surface area (Å²) in [6, 6.07) is 0. The number of aryl methyl sites for hydroxylation is 1. The van der Waals surface area contributed by atoms with E-state index in [1.807, 2.05) is 21.1 Å². The molecule has 13 heavy (non-hydrogen) atoms. The van der Waals surface area contributed by atoms with E-state index in [0.29, 0.717) is 0 Å². The number of nitrogens with one attached hydrogen (secondary N) is 1. The highest BCUT2D eigenvalue weighted by atomic mass is 15.5. The molecule has 0 unspecified atom stereocenters. The molecule has 0 atom stereocenters. The van der Waals surface area contributed by atoms with E-state index in [1.165, 1.54) is 0 Å². The molecule has 1 aromatic heterocycles. The van der Waals surface area contributed by atoms with Crippen molar-refractivity contribution in [2.75, 3.05) is 32.1 Å². The molecule has 0 spiro atoms. The van der Waals surface area contributed by atoms with E-state index in [2.05, 4.69) is 20.5 Å². The van der Waals surface area contributed by atoms with Crippen LogP contribution < -0.4 is 10.2 Å². The molecule has 1 rings (SSSR count). The topological polar surface area (TPSA) is 46.0 Å². The Morgan fingerprint density at radius 3 is 2.92 bits per heavy atom. The third-order valence-electron chi connectivity index (χ3n) is 2.00. The van der Waals surface area contributed by atoms with Gasteiger partial charge in [0, 0.05) is 20.6 Å². The van der Waals surface area contributed by atoms with Gasteiger partial charge >= 0.3 is 0 Å². The maximum atomic E-state index is 3.88. The summed E-state index contributed by atoms with van der Waals surface area (Å²) in [6.45, 7) is 2.05. The van der Waals surface area contributed by atoms with Gasteiger partial charge in [0.2, 0.25) is 0 Å². The average Bonchev–Trinajstić information content (AvgIpc) is 2.52. The molecule has 5 nitrogen and oxygen atoms in total. The molecule has 0 amide bonds. The van der Waals surface area contributed by atoms with Crippen LogP contribution in [0.15, 0.2) is 6.20 Å².